The van der Waals surface area contributed by atoms with Crippen LogP contribution in [0.25, 0.3) is 0 Å². The summed E-state index contributed by atoms with van der Waals surface area (Å²) in [6.07, 6.45) is 0.753. The van der Waals surface area contributed by atoms with Crippen LogP contribution in [0.5, 0.6) is 0 Å². The number of ether oxygens (including phenoxy) is 2. The van der Waals surface area contributed by atoms with Crippen molar-refractivity contribution in [2.45, 2.75) is 31.9 Å². The van der Waals surface area contributed by atoms with E-state index in [0.717, 1.165) is 23.2 Å². The van der Waals surface area contributed by atoms with Crippen LogP contribution in [-0.4, -0.2) is 50.9 Å². The summed E-state index contributed by atoms with van der Waals surface area (Å²) in [7, 11) is 4.46. The van der Waals surface area contributed by atoms with Crippen molar-refractivity contribution in [1.82, 2.24) is 5.32 Å². The predicted octanol–water partition coefficient (Wildman–Crippen LogP) is 2.95. The van der Waals surface area contributed by atoms with Gasteiger partial charge in [0.05, 0.1) is 31.5 Å². The highest BCUT2D eigenvalue weighted by Gasteiger charge is 2.17. The van der Waals surface area contributed by atoms with Crippen LogP contribution >= 0.6 is 0 Å². The van der Waals surface area contributed by atoms with Gasteiger partial charge in [-0.05, 0) is 55.2 Å². The molecule has 0 aliphatic rings. The molecule has 2 aromatic rings. The molecule has 0 heterocycles. The monoisotopic (exact) mass is 414 g/mol. The number of carbonyl (C=O) groups is 2. The number of benzene rings is 2. The maximum atomic E-state index is 12.1. The van der Waals surface area contributed by atoms with Crippen molar-refractivity contribution in [2.24, 2.45) is 0 Å². The smallest absolute Gasteiger partial charge is 0.338 e. The highest BCUT2D eigenvalue weighted by atomic mass is 16.5. The molecule has 2 rings (SSSR count). The number of hydrogen-bond acceptors (Lipinski definition) is 7. The molecule has 3 N–H and O–H groups in total. The topological polar surface area (TPSA) is 96.9 Å². The number of rotatable bonds is 10. The number of aliphatic hydroxyl groups excluding tert-OH is 1. The molecule has 0 spiro atoms. The summed E-state index contributed by atoms with van der Waals surface area (Å²) in [5.74, 6) is -0.990. The van der Waals surface area contributed by atoms with E-state index < -0.39 is 18.0 Å². The highest BCUT2D eigenvalue weighted by molar-refractivity contribution is 5.96. The van der Waals surface area contributed by atoms with Crippen molar-refractivity contribution in [1.29, 1.82) is 0 Å². The fraction of sp³-hybridized carbons (Fsp3) is 0.391. The molecule has 0 radical (unpaired) electrons. The summed E-state index contributed by atoms with van der Waals surface area (Å²) in [6, 6.07) is 12.7. The minimum Gasteiger partial charge on any atom is -0.465 e. The molecule has 162 valence electrons. The third-order valence-corrected chi connectivity index (χ3v) is 5.03. The minimum absolute atomic E-state index is 0.113. The first kappa shape index (κ1) is 23.4. The second-order valence-electron chi connectivity index (χ2n) is 7.09. The lowest BCUT2D eigenvalue weighted by atomic mass is 9.98. The Morgan fingerprint density at radius 1 is 1.03 bits per heavy atom. The van der Waals surface area contributed by atoms with E-state index in [4.69, 9.17) is 9.47 Å². The van der Waals surface area contributed by atoms with Gasteiger partial charge in [0, 0.05) is 25.3 Å². The molecule has 0 aliphatic carbocycles. The number of anilines is 1. The molecule has 7 nitrogen and oxygen atoms in total. The average molecular weight is 415 g/mol. The van der Waals surface area contributed by atoms with Gasteiger partial charge in [0.15, 0.2) is 0 Å². The zero-order valence-electron chi connectivity index (χ0n) is 17.9. The average Bonchev–Trinajstić information content (AvgIpc) is 2.79. The number of esters is 2. The van der Waals surface area contributed by atoms with Gasteiger partial charge in [0.25, 0.3) is 0 Å². The standard InChI is InChI=1S/C23H30N2O5/c1-15(25-14-21(26)17-9-11-19(24-2)12-10-17)5-6-16-7-8-18(22(27)29-3)13-20(16)23(28)30-4/h7-13,15,21,24-26H,5-6,14H2,1-4H3. The maximum Gasteiger partial charge on any atom is 0.338 e. The van der Waals surface area contributed by atoms with Crippen LogP contribution in [0.15, 0.2) is 42.5 Å². The summed E-state index contributed by atoms with van der Waals surface area (Å²) in [6.45, 7) is 2.45. The third-order valence-electron chi connectivity index (χ3n) is 5.03. The molecule has 0 saturated carbocycles. The molecule has 30 heavy (non-hydrogen) atoms. The summed E-state index contributed by atoms with van der Waals surface area (Å²) in [5, 5.41) is 16.8. The first-order valence-corrected chi connectivity index (χ1v) is 9.88. The molecule has 0 bridgehead atoms. The van der Waals surface area contributed by atoms with E-state index in [9.17, 15) is 14.7 Å². The van der Waals surface area contributed by atoms with E-state index >= 15 is 0 Å². The minimum atomic E-state index is -0.608. The molecular weight excluding hydrogens is 384 g/mol. The van der Waals surface area contributed by atoms with Crippen LogP contribution in [0.3, 0.4) is 0 Å². The van der Waals surface area contributed by atoms with Crippen molar-refractivity contribution in [3.05, 3.63) is 64.7 Å². The van der Waals surface area contributed by atoms with E-state index in [1.807, 2.05) is 38.2 Å². The van der Waals surface area contributed by atoms with Crippen LogP contribution in [0.2, 0.25) is 0 Å². The molecule has 7 heteroatoms. The second kappa shape index (κ2) is 11.3. The van der Waals surface area contributed by atoms with Crippen LogP contribution < -0.4 is 10.6 Å². The van der Waals surface area contributed by atoms with E-state index in [2.05, 4.69) is 10.6 Å². The fourth-order valence-corrected chi connectivity index (χ4v) is 3.12. The van der Waals surface area contributed by atoms with Gasteiger partial charge in [-0.25, -0.2) is 9.59 Å². The molecule has 0 amide bonds. The summed E-state index contributed by atoms with van der Waals surface area (Å²) >= 11 is 0. The molecule has 2 aromatic carbocycles. The van der Waals surface area contributed by atoms with E-state index in [-0.39, 0.29) is 6.04 Å². The van der Waals surface area contributed by atoms with E-state index in [0.29, 0.717) is 24.1 Å². The number of hydrogen-bond donors (Lipinski definition) is 3. The number of aryl methyl sites for hydroxylation is 1. The van der Waals surface area contributed by atoms with Crippen molar-refractivity contribution >= 4 is 17.6 Å². The lowest BCUT2D eigenvalue weighted by Crippen LogP contribution is -2.31. The lowest BCUT2D eigenvalue weighted by molar-refractivity contribution is 0.0598. The molecule has 0 saturated heterocycles. The summed E-state index contributed by atoms with van der Waals surface area (Å²) in [4.78, 5) is 23.9. The van der Waals surface area contributed by atoms with Gasteiger partial charge in [0.1, 0.15) is 0 Å². The van der Waals surface area contributed by atoms with Crippen LogP contribution in [-0.2, 0) is 15.9 Å². The second-order valence-corrected chi connectivity index (χ2v) is 7.09. The van der Waals surface area contributed by atoms with Crippen LogP contribution in [0.4, 0.5) is 5.69 Å². The third kappa shape index (κ3) is 6.30. The van der Waals surface area contributed by atoms with Crippen molar-refractivity contribution in [3.63, 3.8) is 0 Å². The van der Waals surface area contributed by atoms with Crippen molar-refractivity contribution in [3.8, 4) is 0 Å². The van der Waals surface area contributed by atoms with Gasteiger partial charge in [-0.15, -0.1) is 0 Å². The first-order chi connectivity index (χ1) is 14.4. The Balaban J connectivity index is 1.95. The van der Waals surface area contributed by atoms with Crippen LogP contribution in [0.1, 0.15) is 51.3 Å². The Morgan fingerprint density at radius 3 is 2.30 bits per heavy atom. The van der Waals surface area contributed by atoms with Gasteiger partial charge in [-0.3, -0.25) is 0 Å². The van der Waals surface area contributed by atoms with Gasteiger partial charge >= 0.3 is 11.9 Å². The summed E-state index contributed by atoms with van der Waals surface area (Å²) < 4.78 is 9.57. The zero-order chi connectivity index (χ0) is 22.1. The van der Waals surface area contributed by atoms with Gasteiger partial charge in [-0.1, -0.05) is 18.2 Å². The SMILES string of the molecule is CNc1ccc(C(O)CNC(C)CCc2ccc(C(=O)OC)cc2C(=O)OC)cc1. The van der Waals surface area contributed by atoms with Gasteiger partial charge < -0.3 is 25.2 Å². The Bertz CT molecular complexity index is 851. The van der Waals surface area contributed by atoms with Gasteiger partial charge in [-0.2, -0.15) is 0 Å². The maximum absolute atomic E-state index is 12.1. The van der Waals surface area contributed by atoms with Crippen LogP contribution in [0, 0.1) is 0 Å². The zero-order valence-corrected chi connectivity index (χ0v) is 17.9. The Hall–Kier alpha value is -2.90. The molecule has 2 unspecified atom stereocenters. The Morgan fingerprint density at radius 2 is 1.70 bits per heavy atom. The van der Waals surface area contributed by atoms with Crippen molar-refractivity contribution < 1.29 is 24.2 Å². The predicted molar refractivity (Wildman–Crippen MR) is 116 cm³/mol. The Kier molecular flexibility index (Phi) is 8.83. The largest absolute Gasteiger partial charge is 0.465 e. The molecule has 0 aliphatic heterocycles. The number of aliphatic hydroxyl groups is 1. The Labute approximate surface area is 177 Å². The van der Waals surface area contributed by atoms with Gasteiger partial charge in [0.2, 0.25) is 0 Å². The lowest BCUT2D eigenvalue weighted by Gasteiger charge is -2.18. The summed E-state index contributed by atoms with van der Waals surface area (Å²) in [5.41, 5.74) is 3.30. The highest BCUT2D eigenvalue weighted by Crippen LogP contribution is 2.18. The van der Waals surface area contributed by atoms with E-state index in [1.165, 1.54) is 20.3 Å². The number of carbonyl (C=O) groups excluding carboxylic acids is 2. The quantitative estimate of drug-likeness (QED) is 0.514. The molecular formula is C23H30N2O5. The van der Waals surface area contributed by atoms with E-state index in [1.54, 1.807) is 12.1 Å². The normalized spacial score (nSPS) is 12.7. The fourth-order valence-electron chi connectivity index (χ4n) is 3.12. The molecule has 2 atom stereocenters. The molecule has 0 aromatic heterocycles. The molecule has 0 fully saturated rings. The number of nitrogens with one attached hydrogen (secondary N) is 2. The van der Waals surface area contributed by atoms with Crippen molar-refractivity contribution in [2.75, 3.05) is 33.1 Å². The first-order valence-electron chi connectivity index (χ1n) is 9.88. The number of methoxy groups -OCH3 is 2.